The van der Waals surface area contributed by atoms with Gasteiger partial charge in [-0.05, 0) is 79.9 Å². The Balaban J connectivity index is 1.12. The van der Waals surface area contributed by atoms with Crippen LogP contribution in [0.4, 0.5) is 0 Å². The van der Waals surface area contributed by atoms with Gasteiger partial charge < -0.3 is 0 Å². The molecule has 8 rings (SSSR count). The van der Waals surface area contributed by atoms with Crippen molar-refractivity contribution in [2.45, 2.75) is 0 Å². The fourth-order valence-corrected chi connectivity index (χ4v) is 6.26. The Bertz CT molecular complexity index is 2270. The summed E-state index contributed by atoms with van der Waals surface area (Å²) in [5, 5.41) is 1.15. The van der Waals surface area contributed by atoms with Crippen molar-refractivity contribution in [1.82, 2.24) is 4.98 Å². The summed E-state index contributed by atoms with van der Waals surface area (Å²) in [7, 11) is 0. The minimum atomic E-state index is 0.970. The van der Waals surface area contributed by atoms with Gasteiger partial charge in [0.15, 0.2) is 0 Å². The minimum absolute atomic E-state index is 0.970. The predicted octanol–water partition coefficient (Wildman–Crippen LogP) is 12.2. The van der Waals surface area contributed by atoms with E-state index in [0.717, 1.165) is 22.2 Å². The molecule has 0 unspecified atom stereocenters. The van der Waals surface area contributed by atoms with Crippen molar-refractivity contribution < 1.29 is 0 Å². The number of rotatable bonds is 6. The van der Waals surface area contributed by atoms with Gasteiger partial charge in [-0.25, -0.2) is 4.98 Å². The maximum atomic E-state index is 5.09. The van der Waals surface area contributed by atoms with Gasteiger partial charge >= 0.3 is 0 Å². The lowest BCUT2D eigenvalue weighted by Crippen LogP contribution is -1.90. The lowest BCUT2D eigenvalue weighted by molar-refractivity contribution is 1.40. The first kappa shape index (κ1) is 27.5. The highest BCUT2D eigenvalue weighted by atomic mass is 14.7. The zero-order valence-corrected chi connectivity index (χ0v) is 25.3. The van der Waals surface area contributed by atoms with Crippen LogP contribution in [-0.2, 0) is 0 Å². The molecular weight excluding hydrogens is 555 g/mol. The number of benzene rings is 7. The molecule has 0 fully saturated rings. The quantitative estimate of drug-likeness (QED) is 0.189. The van der Waals surface area contributed by atoms with Crippen LogP contribution >= 0.6 is 0 Å². The Morgan fingerprint density at radius 2 is 0.652 bits per heavy atom. The molecule has 0 radical (unpaired) electrons. The number of para-hydroxylation sites is 1. The van der Waals surface area contributed by atoms with Gasteiger partial charge in [-0.1, -0.05) is 164 Å². The molecule has 216 valence electrons. The van der Waals surface area contributed by atoms with E-state index in [9.17, 15) is 0 Å². The Kier molecular flexibility index (Phi) is 7.26. The first-order valence-electron chi connectivity index (χ1n) is 15.7. The van der Waals surface area contributed by atoms with Crippen LogP contribution in [0.5, 0.6) is 0 Å². The van der Waals surface area contributed by atoms with Gasteiger partial charge in [-0.2, -0.15) is 0 Å². The van der Waals surface area contributed by atoms with Crippen molar-refractivity contribution >= 4 is 10.9 Å². The zero-order chi connectivity index (χ0) is 30.7. The van der Waals surface area contributed by atoms with Crippen molar-refractivity contribution in [2.75, 3.05) is 0 Å². The summed E-state index contributed by atoms with van der Waals surface area (Å²) in [6, 6.07) is 67.0. The van der Waals surface area contributed by atoms with Crippen LogP contribution in [0.25, 0.3) is 77.8 Å². The highest BCUT2D eigenvalue weighted by Gasteiger charge is 2.11. The van der Waals surface area contributed by atoms with E-state index < -0.39 is 0 Å². The Hall–Kier alpha value is -6.05. The molecular formula is C45H31N. The summed E-state index contributed by atoms with van der Waals surface area (Å²) < 4.78 is 0. The molecule has 1 heteroatoms. The second-order valence-corrected chi connectivity index (χ2v) is 11.6. The van der Waals surface area contributed by atoms with Crippen LogP contribution in [0, 0.1) is 0 Å². The monoisotopic (exact) mass is 585 g/mol. The smallest absolute Gasteiger partial charge is 0.0715 e. The summed E-state index contributed by atoms with van der Waals surface area (Å²) in [6.45, 7) is 0. The maximum Gasteiger partial charge on any atom is 0.0715 e. The van der Waals surface area contributed by atoms with E-state index in [1.165, 1.54) is 55.6 Å². The molecule has 7 aromatic carbocycles. The number of hydrogen-bond acceptors (Lipinski definition) is 1. The van der Waals surface area contributed by atoms with Crippen LogP contribution in [0.1, 0.15) is 0 Å². The first-order valence-corrected chi connectivity index (χ1v) is 15.7. The molecule has 0 atom stereocenters. The van der Waals surface area contributed by atoms with Gasteiger partial charge in [0, 0.05) is 10.9 Å². The number of pyridine rings is 1. The standard InChI is InChI=1S/C45H31N/c1-3-11-32(12-4-1)38-15-9-17-40(29-38)34-21-25-36(26-22-34)43-31-45(46-44-20-8-7-19-42(43)44)37-27-23-35(24-28-37)41-18-10-16-39(30-41)33-13-5-2-6-14-33/h1-31H. The summed E-state index contributed by atoms with van der Waals surface area (Å²) in [5.41, 5.74) is 15.1. The number of fused-ring (bicyclic) bond motifs is 1. The third kappa shape index (κ3) is 5.51. The van der Waals surface area contributed by atoms with E-state index in [2.05, 4.69) is 188 Å². The molecule has 0 N–H and O–H groups in total. The predicted molar refractivity (Wildman–Crippen MR) is 194 cm³/mol. The second kappa shape index (κ2) is 12.1. The van der Waals surface area contributed by atoms with E-state index in [1.54, 1.807) is 0 Å². The van der Waals surface area contributed by atoms with Crippen molar-refractivity contribution in [3.63, 3.8) is 0 Å². The third-order valence-corrected chi connectivity index (χ3v) is 8.70. The third-order valence-electron chi connectivity index (χ3n) is 8.70. The molecule has 0 aliphatic rings. The molecule has 1 aromatic heterocycles. The summed E-state index contributed by atoms with van der Waals surface area (Å²) >= 11 is 0. The normalized spacial score (nSPS) is 11.0. The molecule has 1 heterocycles. The van der Waals surface area contributed by atoms with Gasteiger partial charge in [0.1, 0.15) is 0 Å². The SMILES string of the molecule is c1ccc(-c2cccc(-c3ccc(-c4cc(-c5ccc(-c6cccc(-c7ccccc7)c6)cc5)c5ccccc5n4)cc3)c2)cc1. The van der Waals surface area contributed by atoms with Crippen molar-refractivity contribution in [3.05, 3.63) is 188 Å². The fourth-order valence-electron chi connectivity index (χ4n) is 6.26. The number of nitrogens with zero attached hydrogens (tertiary/aromatic N) is 1. The average molecular weight is 586 g/mol. The fraction of sp³-hybridized carbons (Fsp3) is 0. The molecule has 1 nitrogen and oxygen atoms in total. The Morgan fingerprint density at radius 3 is 1.17 bits per heavy atom. The lowest BCUT2D eigenvalue weighted by atomic mass is 9.94. The van der Waals surface area contributed by atoms with Gasteiger partial charge in [-0.3, -0.25) is 0 Å². The summed E-state index contributed by atoms with van der Waals surface area (Å²) in [5.74, 6) is 0. The molecule has 0 saturated carbocycles. The Morgan fingerprint density at radius 1 is 0.261 bits per heavy atom. The van der Waals surface area contributed by atoms with Crippen LogP contribution in [0.15, 0.2) is 188 Å². The number of hydrogen-bond donors (Lipinski definition) is 0. The van der Waals surface area contributed by atoms with Crippen LogP contribution in [-0.4, -0.2) is 4.98 Å². The lowest BCUT2D eigenvalue weighted by Gasteiger charge is -2.12. The summed E-state index contributed by atoms with van der Waals surface area (Å²) in [6.07, 6.45) is 0. The number of aromatic nitrogens is 1. The molecule has 0 saturated heterocycles. The highest BCUT2D eigenvalue weighted by Crippen LogP contribution is 2.35. The average Bonchev–Trinajstić information content (AvgIpc) is 3.15. The largest absolute Gasteiger partial charge is 0.248 e. The van der Waals surface area contributed by atoms with Crippen molar-refractivity contribution in [3.8, 4) is 66.9 Å². The van der Waals surface area contributed by atoms with Gasteiger partial charge in [0.05, 0.1) is 11.2 Å². The second-order valence-electron chi connectivity index (χ2n) is 11.6. The minimum Gasteiger partial charge on any atom is -0.248 e. The van der Waals surface area contributed by atoms with Gasteiger partial charge in [-0.15, -0.1) is 0 Å². The van der Waals surface area contributed by atoms with E-state index >= 15 is 0 Å². The van der Waals surface area contributed by atoms with E-state index in [-0.39, 0.29) is 0 Å². The van der Waals surface area contributed by atoms with E-state index in [4.69, 9.17) is 4.98 Å². The molecule has 0 aliphatic carbocycles. The van der Waals surface area contributed by atoms with Crippen LogP contribution in [0.3, 0.4) is 0 Å². The molecule has 0 amide bonds. The van der Waals surface area contributed by atoms with Crippen LogP contribution < -0.4 is 0 Å². The summed E-state index contributed by atoms with van der Waals surface area (Å²) in [4.78, 5) is 5.09. The first-order chi connectivity index (χ1) is 22.8. The highest BCUT2D eigenvalue weighted by molar-refractivity contribution is 5.97. The topological polar surface area (TPSA) is 12.9 Å². The Labute approximate surface area is 270 Å². The molecule has 0 aliphatic heterocycles. The molecule has 46 heavy (non-hydrogen) atoms. The molecule has 0 bridgehead atoms. The molecule has 8 aromatic rings. The maximum absolute atomic E-state index is 5.09. The van der Waals surface area contributed by atoms with Gasteiger partial charge in [0.2, 0.25) is 0 Å². The van der Waals surface area contributed by atoms with E-state index in [1.807, 2.05) is 0 Å². The zero-order valence-electron chi connectivity index (χ0n) is 25.3. The van der Waals surface area contributed by atoms with Crippen molar-refractivity contribution in [1.29, 1.82) is 0 Å². The van der Waals surface area contributed by atoms with E-state index in [0.29, 0.717) is 0 Å². The molecule has 0 spiro atoms. The van der Waals surface area contributed by atoms with Gasteiger partial charge in [0.25, 0.3) is 0 Å². The van der Waals surface area contributed by atoms with Crippen molar-refractivity contribution in [2.24, 2.45) is 0 Å². The van der Waals surface area contributed by atoms with Crippen LogP contribution in [0.2, 0.25) is 0 Å².